The number of amides is 3. The third kappa shape index (κ3) is 16.2. The molecule has 7 N–H and O–H groups in total. The van der Waals surface area contributed by atoms with Gasteiger partial charge in [-0.2, -0.15) is 0 Å². The molecule has 3 aliphatic heterocycles. The number of aliphatic hydroxyl groups excluding tert-OH is 2. The highest BCUT2D eigenvalue weighted by molar-refractivity contribution is 5.97. The fraction of sp³-hybridized carbons (Fsp3) is 0.692. The number of methoxy groups -OCH3 is 1. The molecule has 0 radical (unpaired) electrons. The van der Waals surface area contributed by atoms with Gasteiger partial charge in [0.1, 0.15) is 24.3 Å². The van der Waals surface area contributed by atoms with Gasteiger partial charge in [0.05, 0.1) is 75.2 Å². The molecule has 16 heteroatoms. The van der Waals surface area contributed by atoms with Crippen LogP contribution in [-0.4, -0.2) is 148 Å². The molecule has 0 spiro atoms. The zero-order valence-corrected chi connectivity index (χ0v) is 42.6. The van der Waals surface area contributed by atoms with Crippen LogP contribution < -0.4 is 16.4 Å². The maximum absolute atomic E-state index is 14.1. The number of rotatable bonds is 19. The number of nitrogens with one attached hydrogen (secondary N) is 2. The first-order valence-electron chi connectivity index (χ1n) is 24.7. The molecule has 1 aromatic carbocycles. The molecule has 0 aromatic heterocycles. The van der Waals surface area contributed by atoms with E-state index in [1.54, 1.807) is 50.2 Å². The van der Waals surface area contributed by atoms with E-state index < -0.39 is 59.8 Å². The van der Waals surface area contributed by atoms with Gasteiger partial charge in [-0.15, -0.1) is 0 Å². The molecule has 0 unspecified atom stereocenters. The summed E-state index contributed by atoms with van der Waals surface area (Å²) in [5.74, 6) is -1.72. The van der Waals surface area contributed by atoms with Crippen LogP contribution in [0.25, 0.3) is 0 Å². The molecule has 2 saturated heterocycles. The Morgan fingerprint density at radius 3 is 2.35 bits per heavy atom. The number of aliphatic hydroxyl groups is 3. The van der Waals surface area contributed by atoms with E-state index in [4.69, 9.17) is 24.7 Å². The normalized spacial score (nSPS) is 29.0. The lowest BCUT2D eigenvalue weighted by Gasteiger charge is -2.45. The van der Waals surface area contributed by atoms with Crippen LogP contribution in [0, 0.1) is 17.8 Å². The number of nitrogens with zero attached hydrogens (tertiary/aromatic N) is 2. The van der Waals surface area contributed by atoms with Crippen molar-refractivity contribution in [3.05, 3.63) is 65.8 Å². The largest absolute Gasteiger partial charge is 0.457 e. The van der Waals surface area contributed by atoms with Crippen molar-refractivity contribution in [2.24, 2.45) is 23.5 Å². The molecule has 2 fully saturated rings. The molecule has 3 amide bonds. The quantitative estimate of drug-likeness (QED) is 0.0331. The maximum Gasteiger partial charge on any atom is 0.410 e. The van der Waals surface area contributed by atoms with Gasteiger partial charge >= 0.3 is 12.1 Å². The van der Waals surface area contributed by atoms with Gasteiger partial charge in [0.15, 0.2) is 6.10 Å². The fourth-order valence-corrected chi connectivity index (χ4v) is 9.21. The molecule has 0 bridgehead atoms. The van der Waals surface area contributed by atoms with E-state index in [2.05, 4.69) is 17.6 Å². The average molecular weight is 955 g/mol. The number of quaternary nitrogens is 1. The highest BCUT2D eigenvalue weighted by Gasteiger charge is 2.47. The highest BCUT2D eigenvalue weighted by atomic mass is 16.6. The number of epoxide rings is 1. The van der Waals surface area contributed by atoms with Crippen LogP contribution in [-0.2, 0) is 39.9 Å². The van der Waals surface area contributed by atoms with Crippen LogP contribution in [0.4, 0.5) is 10.5 Å². The Hall–Kier alpha value is -4.16. The number of anilines is 1. The lowest BCUT2D eigenvalue weighted by atomic mass is 9.88. The van der Waals surface area contributed by atoms with Crippen LogP contribution in [0.2, 0.25) is 0 Å². The third-order valence-corrected chi connectivity index (χ3v) is 14.2. The number of nitrogens with two attached hydrogens (primary N) is 1. The lowest BCUT2D eigenvalue weighted by molar-refractivity contribution is -0.944. The van der Waals surface area contributed by atoms with Gasteiger partial charge in [0.25, 0.3) is 0 Å². The average Bonchev–Trinajstić information content (AvgIpc) is 4.05. The SMILES string of the molecule is CCC[N+]1(Cc2ccc(NC(=O)[C@H](C)NC(=O)[C@@H](N)C(C)C)cc2)CCN(C(=O)O[C@H]2/C=C/[C@H](C)[C@@H](/C(C)=C/C=C/[C@](C)(O)C[C@H]3O[C@@H]3[C@H](C)[C@@H](O)CC)OC(=O)C[C@H](O)CC[C@@]2(C)OC)CC1. The summed E-state index contributed by atoms with van der Waals surface area (Å²) in [6.45, 7) is 22.7. The number of carbonyl (C=O) groups is 4. The molecular weight excluding hydrogens is 871 g/mol. The van der Waals surface area contributed by atoms with Crippen LogP contribution in [0.5, 0.6) is 0 Å². The van der Waals surface area contributed by atoms with Crippen LogP contribution >= 0.6 is 0 Å². The van der Waals surface area contributed by atoms with E-state index in [1.165, 1.54) is 0 Å². The molecule has 1 aromatic rings. The Labute approximate surface area is 405 Å². The van der Waals surface area contributed by atoms with Gasteiger partial charge in [0.2, 0.25) is 11.8 Å². The zero-order valence-electron chi connectivity index (χ0n) is 42.6. The second-order valence-electron chi connectivity index (χ2n) is 20.5. The highest BCUT2D eigenvalue weighted by Crippen LogP contribution is 2.38. The van der Waals surface area contributed by atoms with E-state index in [-0.39, 0.29) is 54.6 Å². The van der Waals surface area contributed by atoms with Gasteiger partial charge in [-0.25, -0.2) is 4.79 Å². The van der Waals surface area contributed by atoms with Crippen LogP contribution in [0.3, 0.4) is 0 Å². The fourth-order valence-electron chi connectivity index (χ4n) is 9.21. The number of allylic oxidation sites excluding steroid dienone is 2. The van der Waals surface area contributed by atoms with E-state index in [9.17, 15) is 34.5 Å². The van der Waals surface area contributed by atoms with Gasteiger partial charge in [-0.05, 0) is 83.1 Å². The van der Waals surface area contributed by atoms with Crippen molar-refractivity contribution in [3.8, 4) is 0 Å². The first-order chi connectivity index (χ1) is 32.0. The zero-order chi connectivity index (χ0) is 50.6. The van der Waals surface area contributed by atoms with Crippen molar-refractivity contribution >= 4 is 29.6 Å². The monoisotopic (exact) mass is 955 g/mol. The first kappa shape index (κ1) is 56.4. The summed E-state index contributed by atoms with van der Waals surface area (Å²) in [5, 5.41) is 38.0. The van der Waals surface area contributed by atoms with Crippen molar-refractivity contribution in [2.75, 3.05) is 45.2 Å². The summed E-state index contributed by atoms with van der Waals surface area (Å²) in [6, 6.07) is 6.25. The minimum Gasteiger partial charge on any atom is -0.457 e. The van der Waals surface area contributed by atoms with Gasteiger partial charge in [0, 0.05) is 36.6 Å². The minimum atomic E-state index is -1.18. The summed E-state index contributed by atoms with van der Waals surface area (Å²) in [4.78, 5) is 54.2. The predicted molar refractivity (Wildman–Crippen MR) is 262 cm³/mol. The second-order valence-corrected chi connectivity index (χ2v) is 20.5. The number of esters is 1. The molecule has 4 rings (SSSR count). The molecule has 0 saturated carbocycles. The number of ether oxygens (including phenoxy) is 4. The number of hydrogen-bond acceptors (Lipinski definition) is 12. The van der Waals surface area contributed by atoms with E-state index >= 15 is 0 Å². The maximum atomic E-state index is 14.1. The number of carbonyl (C=O) groups excluding carboxylic acids is 4. The Morgan fingerprint density at radius 1 is 1.09 bits per heavy atom. The second kappa shape index (κ2) is 25.1. The van der Waals surface area contributed by atoms with Crippen molar-refractivity contribution in [3.63, 3.8) is 0 Å². The molecule has 382 valence electrons. The molecule has 3 heterocycles. The first-order valence-corrected chi connectivity index (χ1v) is 24.7. The van der Waals surface area contributed by atoms with Crippen LogP contribution in [0.1, 0.15) is 113 Å². The Bertz CT molecular complexity index is 1910. The molecular formula is C52H84N5O11+. The standard InChI is InChI=1S/C52H83N5O11/c1-12-27-57(32-38-17-19-39(20-18-38)55-48(61)37(8)54-49(62)45(53)33(3)4)28-25-56(26-29-57)50(63)67-43-21-16-35(6)46(68-44(60)30-40(58)22-24-52(43,10)65-11)34(5)15-14-23-51(9,64)31-42-47(66-42)36(7)41(59)13-2/h14-21,23,33,35-37,40-43,45-47,58-59,64H,12-13,22,24-32,53H2,1-11H3,(H-,54,55,61,62)/p+1/b21-16+,23-14+,34-15+/t35-,36+,37-,40+,41-,42+,43-,45-,46+,47+,51-,52+/m0/s1. The summed E-state index contributed by atoms with van der Waals surface area (Å²) in [5.41, 5.74) is 6.15. The van der Waals surface area contributed by atoms with Crippen molar-refractivity contribution in [1.29, 1.82) is 0 Å². The molecule has 12 atom stereocenters. The summed E-state index contributed by atoms with van der Waals surface area (Å²) < 4.78 is 24.9. The van der Waals surface area contributed by atoms with E-state index in [1.807, 2.05) is 78.8 Å². The van der Waals surface area contributed by atoms with Crippen molar-refractivity contribution in [1.82, 2.24) is 10.2 Å². The Morgan fingerprint density at radius 2 is 1.75 bits per heavy atom. The van der Waals surface area contributed by atoms with E-state index in [0.717, 1.165) is 29.6 Å². The van der Waals surface area contributed by atoms with Gasteiger partial charge in [-0.3, -0.25) is 19.3 Å². The smallest absolute Gasteiger partial charge is 0.410 e. The molecule has 68 heavy (non-hydrogen) atoms. The summed E-state index contributed by atoms with van der Waals surface area (Å²) in [7, 11) is 1.55. The Balaban J connectivity index is 1.42. The number of benzene rings is 1. The van der Waals surface area contributed by atoms with Gasteiger partial charge in [-0.1, -0.05) is 78.0 Å². The topological polar surface area (TPSA) is 223 Å². The number of hydrogen-bond donors (Lipinski definition) is 6. The third-order valence-electron chi connectivity index (χ3n) is 14.2. The van der Waals surface area contributed by atoms with Crippen molar-refractivity contribution in [2.45, 2.75) is 174 Å². The summed E-state index contributed by atoms with van der Waals surface area (Å²) >= 11 is 0. The number of piperazine rings is 1. The van der Waals surface area contributed by atoms with Crippen LogP contribution in [0.15, 0.2) is 60.2 Å². The van der Waals surface area contributed by atoms with Crippen molar-refractivity contribution < 1.29 is 57.9 Å². The van der Waals surface area contributed by atoms with Gasteiger partial charge < -0.3 is 55.1 Å². The minimum absolute atomic E-state index is 0.0297. The summed E-state index contributed by atoms with van der Waals surface area (Å²) in [6.07, 6.45) is 7.35. The lowest BCUT2D eigenvalue weighted by Crippen LogP contribution is -2.60. The Kier molecular flexibility index (Phi) is 20.8. The molecule has 16 nitrogen and oxygen atoms in total. The van der Waals surface area contributed by atoms with E-state index in [0.29, 0.717) is 56.7 Å². The molecule has 3 aliphatic rings. The number of cyclic esters (lactones) is 1. The molecule has 0 aliphatic carbocycles. The predicted octanol–water partition coefficient (Wildman–Crippen LogP) is 5.53.